The summed E-state index contributed by atoms with van der Waals surface area (Å²) in [5, 5.41) is 5.46. The van der Waals surface area contributed by atoms with Gasteiger partial charge in [-0.1, -0.05) is 6.07 Å². The zero-order valence-corrected chi connectivity index (χ0v) is 17.3. The first-order chi connectivity index (χ1) is 13.4. The minimum absolute atomic E-state index is 0.0475. The number of benzene rings is 1. The second-order valence-electron chi connectivity index (χ2n) is 5.77. The van der Waals surface area contributed by atoms with Crippen LogP contribution in [0.15, 0.2) is 24.3 Å². The van der Waals surface area contributed by atoms with E-state index < -0.39 is 11.9 Å². The molecule has 8 nitrogen and oxygen atoms in total. The van der Waals surface area contributed by atoms with E-state index in [1.54, 1.807) is 29.2 Å². The molecule has 0 fully saturated rings. The molecule has 0 heterocycles. The fourth-order valence-electron chi connectivity index (χ4n) is 2.30. The van der Waals surface area contributed by atoms with E-state index in [-0.39, 0.29) is 30.5 Å². The average molecular weight is 410 g/mol. The Morgan fingerprint density at radius 3 is 2.46 bits per heavy atom. The van der Waals surface area contributed by atoms with E-state index >= 15 is 0 Å². The molecule has 0 aliphatic rings. The highest BCUT2D eigenvalue weighted by Crippen LogP contribution is 2.13. The van der Waals surface area contributed by atoms with Crippen molar-refractivity contribution >= 4 is 40.8 Å². The Bertz CT molecular complexity index is 692. The molecule has 9 heteroatoms. The van der Waals surface area contributed by atoms with Gasteiger partial charge in [-0.2, -0.15) is 0 Å². The number of hydrogen-bond donors (Lipinski definition) is 2. The predicted molar refractivity (Wildman–Crippen MR) is 110 cm³/mol. The fraction of sp³-hybridized carbons (Fsp3) is 0.474. The highest BCUT2D eigenvalue weighted by atomic mass is 32.1. The predicted octanol–water partition coefficient (Wildman–Crippen LogP) is 1.95. The van der Waals surface area contributed by atoms with Crippen LogP contribution < -0.4 is 10.6 Å². The van der Waals surface area contributed by atoms with Crippen molar-refractivity contribution in [3.05, 3.63) is 29.8 Å². The second kappa shape index (κ2) is 12.8. The Hall–Kier alpha value is -2.52. The quantitative estimate of drug-likeness (QED) is 0.346. The Labute approximate surface area is 170 Å². The third kappa shape index (κ3) is 8.45. The van der Waals surface area contributed by atoms with Crippen LogP contribution in [0.3, 0.4) is 0 Å². The summed E-state index contributed by atoms with van der Waals surface area (Å²) >= 11 is 5.11. The van der Waals surface area contributed by atoms with Crippen molar-refractivity contribution in [2.75, 3.05) is 38.7 Å². The van der Waals surface area contributed by atoms with Crippen molar-refractivity contribution < 1.29 is 23.9 Å². The minimum atomic E-state index is -0.478. The Kier molecular flexibility index (Phi) is 10.7. The van der Waals surface area contributed by atoms with Gasteiger partial charge in [-0.25, -0.2) is 0 Å². The summed E-state index contributed by atoms with van der Waals surface area (Å²) in [5.41, 5.74) is 1.11. The Balaban J connectivity index is 2.50. The minimum Gasteiger partial charge on any atom is -0.463 e. The van der Waals surface area contributed by atoms with E-state index in [1.807, 2.05) is 13.8 Å². The van der Waals surface area contributed by atoms with Crippen molar-refractivity contribution in [1.82, 2.24) is 10.2 Å². The number of amides is 2. The first-order valence-electron chi connectivity index (χ1n) is 9.05. The summed E-state index contributed by atoms with van der Waals surface area (Å²) in [4.78, 5) is 37.5. The van der Waals surface area contributed by atoms with Crippen LogP contribution in [0.4, 0.5) is 5.69 Å². The maximum absolute atomic E-state index is 12.4. The molecule has 0 aliphatic heterocycles. The first kappa shape index (κ1) is 23.5. The SMILES string of the molecule is CCN(CC)C(=O)c1cccc(NC(=S)NC(=O)CCC(=O)OCCOC)c1. The molecule has 1 aromatic carbocycles. The van der Waals surface area contributed by atoms with E-state index in [1.165, 1.54) is 7.11 Å². The molecule has 154 valence electrons. The summed E-state index contributed by atoms with van der Waals surface area (Å²) in [6.07, 6.45) is -0.0971. The van der Waals surface area contributed by atoms with Crippen LogP contribution >= 0.6 is 12.2 Å². The number of rotatable bonds is 10. The molecule has 0 bridgehead atoms. The van der Waals surface area contributed by atoms with Gasteiger partial charge in [-0.3, -0.25) is 14.4 Å². The summed E-state index contributed by atoms with van der Waals surface area (Å²) in [7, 11) is 1.50. The number of nitrogens with one attached hydrogen (secondary N) is 2. The van der Waals surface area contributed by atoms with Gasteiger partial charge in [-0.15, -0.1) is 0 Å². The highest BCUT2D eigenvalue weighted by molar-refractivity contribution is 7.80. The number of esters is 1. The van der Waals surface area contributed by atoms with Gasteiger partial charge in [0.1, 0.15) is 6.61 Å². The van der Waals surface area contributed by atoms with E-state index in [4.69, 9.17) is 21.7 Å². The molecule has 1 rings (SSSR count). The van der Waals surface area contributed by atoms with Gasteiger partial charge in [-0.05, 0) is 44.3 Å². The lowest BCUT2D eigenvalue weighted by atomic mass is 10.1. The van der Waals surface area contributed by atoms with Gasteiger partial charge in [0.25, 0.3) is 5.91 Å². The molecule has 0 atom stereocenters. The summed E-state index contributed by atoms with van der Waals surface area (Å²) in [6, 6.07) is 6.87. The molecule has 0 unspecified atom stereocenters. The number of nitrogens with zero attached hydrogens (tertiary/aromatic N) is 1. The lowest BCUT2D eigenvalue weighted by molar-refractivity contribution is -0.146. The van der Waals surface area contributed by atoms with E-state index in [0.717, 1.165) is 0 Å². The second-order valence-corrected chi connectivity index (χ2v) is 6.18. The molecule has 0 aliphatic carbocycles. The molecular weight excluding hydrogens is 382 g/mol. The van der Waals surface area contributed by atoms with Gasteiger partial charge in [0.2, 0.25) is 5.91 Å². The van der Waals surface area contributed by atoms with Crippen LogP contribution in [0.2, 0.25) is 0 Å². The number of ether oxygens (including phenoxy) is 2. The van der Waals surface area contributed by atoms with Gasteiger partial charge in [0, 0.05) is 37.9 Å². The standard InChI is InChI=1S/C19H27N3O5S/c1-4-22(5-2)18(25)14-7-6-8-15(13-14)20-19(28)21-16(23)9-10-17(24)27-12-11-26-3/h6-8,13H,4-5,9-12H2,1-3H3,(H2,20,21,23,28). The topological polar surface area (TPSA) is 97.0 Å². The van der Waals surface area contributed by atoms with Crippen molar-refractivity contribution in [2.24, 2.45) is 0 Å². The average Bonchev–Trinajstić information content (AvgIpc) is 2.67. The largest absolute Gasteiger partial charge is 0.463 e. The van der Waals surface area contributed by atoms with Crippen LogP contribution in [0.25, 0.3) is 0 Å². The summed E-state index contributed by atoms with van der Waals surface area (Å²) in [5.74, 6) is -0.958. The molecule has 0 spiro atoms. The van der Waals surface area contributed by atoms with Crippen molar-refractivity contribution in [3.63, 3.8) is 0 Å². The maximum atomic E-state index is 12.4. The number of methoxy groups -OCH3 is 1. The van der Waals surface area contributed by atoms with Crippen LogP contribution in [0.1, 0.15) is 37.0 Å². The van der Waals surface area contributed by atoms with Gasteiger partial charge >= 0.3 is 5.97 Å². The van der Waals surface area contributed by atoms with E-state index in [0.29, 0.717) is 30.9 Å². The molecule has 0 saturated heterocycles. The number of carbonyl (C=O) groups excluding carboxylic acids is 3. The lowest BCUT2D eigenvalue weighted by Gasteiger charge is -2.19. The normalized spacial score (nSPS) is 10.1. The number of anilines is 1. The monoisotopic (exact) mass is 409 g/mol. The Morgan fingerprint density at radius 2 is 1.82 bits per heavy atom. The Morgan fingerprint density at radius 1 is 1.11 bits per heavy atom. The number of hydrogen-bond acceptors (Lipinski definition) is 6. The molecule has 0 radical (unpaired) electrons. The van der Waals surface area contributed by atoms with Gasteiger partial charge < -0.3 is 25.0 Å². The molecule has 0 aromatic heterocycles. The number of carbonyl (C=O) groups is 3. The van der Waals surface area contributed by atoms with E-state index in [2.05, 4.69) is 10.6 Å². The van der Waals surface area contributed by atoms with Gasteiger partial charge in [0.05, 0.1) is 13.0 Å². The third-order valence-electron chi connectivity index (χ3n) is 3.78. The van der Waals surface area contributed by atoms with Gasteiger partial charge in [0.15, 0.2) is 5.11 Å². The maximum Gasteiger partial charge on any atom is 0.306 e. The van der Waals surface area contributed by atoms with E-state index in [9.17, 15) is 14.4 Å². The molecule has 0 saturated carbocycles. The van der Waals surface area contributed by atoms with Crippen molar-refractivity contribution in [3.8, 4) is 0 Å². The molecule has 28 heavy (non-hydrogen) atoms. The lowest BCUT2D eigenvalue weighted by Crippen LogP contribution is -2.34. The van der Waals surface area contributed by atoms with Crippen LogP contribution in [0, 0.1) is 0 Å². The summed E-state index contributed by atoms with van der Waals surface area (Å²) < 4.78 is 9.65. The summed E-state index contributed by atoms with van der Waals surface area (Å²) in [6.45, 7) is 5.54. The first-order valence-corrected chi connectivity index (χ1v) is 9.46. The third-order valence-corrected chi connectivity index (χ3v) is 3.98. The molecular formula is C19H27N3O5S. The van der Waals surface area contributed by atoms with Crippen molar-refractivity contribution in [1.29, 1.82) is 0 Å². The smallest absolute Gasteiger partial charge is 0.306 e. The molecule has 2 amide bonds. The highest BCUT2D eigenvalue weighted by Gasteiger charge is 2.13. The van der Waals surface area contributed by atoms with Crippen LogP contribution in [-0.4, -0.2) is 61.2 Å². The van der Waals surface area contributed by atoms with Crippen LogP contribution in [0.5, 0.6) is 0 Å². The van der Waals surface area contributed by atoms with Crippen LogP contribution in [-0.2, 0) is 19.1 Å². The fourth-order valence-corrected chi connectivity index (χ4v) is 2.53. The zero-order chi connectivity index (χ0) is 20.9. The molecule has 2 N–H and O–H groups in total. The number of thiocarbonyl (C=S) groups is 1. The molecule has 1 aromatic rings. The zero-order valence-electron chi connectivity index (χ0n) is 16.4. The van der Waals surface area contributed by atoms with Crippen molar-refractivity contribution in [2.45, 2.75) is 26.7 Å².